The van der Waals surface area contributed by atoms with Crippen molar-refractivity contribution in [2.45, 2.75) is 57.7 Å². The van der Waals surface area contributed by atoms with Crippen molar-refractivity contribution < 1.29 is 9.53 Å². The summed E-state index contributed by atoms with van der Waals surface area (Å²) in [4.78, 5) is 12.9. The number of aromatic nitrogens is 1. The number of carbonyl (C=O) groups excluding carboxylic acids is 1. The molecule has 2 bridgehead atoms. The predicted molar refractivity (Wildman–Crippen MR) is 98.4 cm³/mol. The minimum Gasteiger partial charge on any atom is -0.456 e. The van der Waals surface area contributed by atoms with Gasteiger partial charge in [-0.2, -0.15) is 0 Å². The molecule has 1 aromatic heterocycles. The van der Waals surface area contributed by atoms with Gasteiger partial charge in [0.1, 0.15) is 5.60 Å². The van der Waals surface area contributed by atoms with Crippen molar-refractivity contribution in [3.8, 4) is 0 Å². The first-order valence-corrected chi connectivity index (χ1v) is 9.34. The zero-order valence-electron chi connectivity index (χ0n) is 14.6. The third-order valence-corrected chi connectivity index (χ3v) is 5.77. The second-order valence-corrected chi connectivity index (χ2v) is 8.79. The van der Waals surface area contributed by atoms with Crippen LogP contribution in [0.4, 0.5) is 0 Å². The van der Waals surface area contributed by atoms with Crippen molar-refractivity contribution in [3.63, 3.8) is 0 Å². The maximum absolute atomic E-state index is 12.9. The number of nitrogens with zero attached hydrogens (tertiary/aromatic N) is 1. The Morgan fingerprint density at radius 3 is 2.79 bits per heavy atom. The highest BCUT2D eigenvalue weighted by atomic mass is 79.9. The molecule has 24 heavy (non-hydrogen) atoms. The Kier molecular flexibility index (Phi) is 3.59. The molecular weight excluding hydrogens is 368 g/mol. The monoisotopic (exact) mass is 390 g/mol. The van der Waals surface area contributed by atoms with Gasteiger partial charge in [-0.15, -0.1) is 0 Å². The Labute approximate surface area is 150 Å². The standard InChI is InChI=1S/C19H23BrN2O2/c1-19(2,3)24-18(23)15-11(20)6-8-13-17(15)16-12-7-5-10(21-12)9-14(16)22(13)4/h6,8,10,12,21H,5,7,9H2,1-4H3. The van der Waals surface area contributed by atoms with E-state index in [1.165, 1.54) is 17.7 Å². The molecule has 0 aliphatic carbocycles. The topological polar surface area (TPSA) is 43.3 Å². The van der Waals surface area contributed by atoms with Gasteiger partial charge in [0.2, 0.25) is 0 Å². The number of carbonyl (C=O) groups is 1. The first kappa shape index (κ1) is 16.2. The minimum absolute atomic E-state index is 0.256. The number of hydrogen-bond donors (Lipinski definition) is 1. The molecule has 2 atom stereocenters. The van der Waals surface area contributed by atoms with Gasteiger partial charge < -0.3 is 14.6 Å². The van der Waals surface area contributed by atoms with Gasteiger partial charge in [-0.1, -0.05) is 0 Å². The second-order valence-electron chi connectivity index (χ2n) is 7.94. The van der Waals surface area contributed by atoms with Crippen molar-refractivity contribution in [1.29, 1.82) is 0 Å². The summed E-state index contributed by atoms with van der Waals surface area (Å²) in [5, 5.41) is 4.76. The van der Waals surface area contributed by atoms with E-state index in [4.69, 9.17) is 4.74 Å². The van der Waals surface area contributed by atoms with E-state index in [1.54, 1.807) is 0 Å². The lowest BCUT2D eigenvalue weighted by Crippen LogP contribution is -2.32. The number of ether oxygens (including phenoxy) is 1. The van der Waals surface area contributed by atoms with Gasteiger partial charge in [0.05, 0.1) is 5.56 Å². The van der Waals surface area contributed by atoms with Crippen LogP contribution in [0.25, 0.3) is 10.9 Å². The molecule has 1 aromatic carbocycles. The van der Waals surface area contributed by atoms with Crippen LogP contribution in [0.3, 0.4) is 0 Å². The Morgan fingerprint density at radius 2 is 2.08 bits per heavy atom. The molecule has 0 radical (unpaired) electrons. The molecule has 2 aliphatic heterocycles. The normalized spacial score (nSPS) is 22.7. The van der Waals surface area contributed by atoms with Crippen molar-refractivity contribution in [2.75, 3.05) is 0 Å². The Bertz CT molecular complexity index is 847. The molecule has 2 unspecified atom stereocenters. The highest BCUT2D eigenvalue weighted by Crippen LogP contribution is 2.44. The molecule has 5 heteroatoms. The van der Waals surface area contributed by atoms with Gasteiger partial charge in [-0.25, -0.2) is 4.79 Å². The van der Waals surface area contributed by atoms with Crippen LogP contribution >= 0.6 is 15.9 Å². The number of halogens is 1. The van der Waals surface area contributed by atoms with E-state index in [0.29, 0.717) is 17.6 Å². The number of aryl methyl sites for hydroxylation is 1. The molecule has 0 saturated carbocycles. The fraction of sp³-hybridized carbons (Fsp3) is 0.526. The highest BCUT2D eigenvalue weighted by molar-refractivity contribution is 9.10. The van der Waals surface area contributed by atoms with Crippen LogP contribution in [-0.2, 0) is 18.2 Å². The van der Waals surface area contributed by atoms with Crippen LogP contribution in [-0.4, -0.2) is 22.2 Å². The average Bonchev–Trinajstić information content (AvgIpc) is 2.98. The Hall–Kier alpha value is -1.33. The highest BCUT2D eigenvalue weighted by Gasteiger charge is 2.37. The van der Waals surface area contributed by atoms with Gasteiger partial charge in [-0.3, -0.25) is 0 Å². The molecule has 3 heterocycles. The van der Waals surface area contributed by atoms with Crippen LogP contribution in [0.1, 0.15) is 61.3 Å². The molecule has 0 amide bonds. The van der Waals surface area contributed by atoms with Crippen LogP contribution in [0.5, 0.6) is 0 Å². The third kappa shape index (κ3) is 2.40. The third-order valence-electron chi connectivity index (χ3n) is 5.11. The van der Waals surface area contributed by atoms with E-state index in [0.717, 1.165) is 28.2 Å². The fourth-order valence-electron chi connectivity index (χ4n) is 4.18. The summed E-state index contributed by atoms with van der Waals surface area (Å²) >= 11 is 3.58. The molecule has 2 aliphatic rings. The maximum Gasteiger partial charge on any atom is 0.340 e. The summed E-state index contributed by atoms with van der Waals surface area (Å²) in [5.74, 6) is -0.256. The summed E-state index contributed by atoms with van der Waals surface area (Å²) < 4.78 is 8.76. The Balaban J connectivity index is 1.97. The summed E-state index contributed by atoms with van der Waals surface area (Å²) in [7, 11) is 2.11. The number of hydrogen-bond acceptors (Lipinski definition) is 3. The lowest BCUT2D eigenvalue weighted by molar-refractivity contribution is 0.00708. The maximum atomic E-state index is 12.9. The first-order valence-electron chi connectivity index (χ1n) is 8.55. The van der Waals surface area contributed by atoms with E-state index in [2.05, 4.69) is 38.9 Å². The minimum atomic E-state index is -0.510. The van der Waals surface area contributed by atoms with Gasteiger partial charge >= 0.3 is 5.97 Å². The Morgan fingerprint density at radius 1 is 1.33 bits per heavy atom. The van der Waals surface area contributed by atoms with Crippen molar-refractivity contribution in [1.82, 2.24) is 9.88 Å². The fourth-order valence-corrected chi connectivity index (χ4v) is 4.67. The smallest absolute Gasteiger partial charge is 0.340 e. The number of nitrogens with one attached hydrogen (secondary N) is 1. The number of rotatable bonds is 1. The quantitative estimate of drug-likeness (QED) is 0.740. The summed E-state index contributed by atoms with van der Waals surface area (Å²) in [6.07, 6.45) is 3.37. The molecule has 4 nitrogen and oxygen atoms in total. The largest absolute Gasteiger partial charge is 0.456 e. The van der Waals surface area contributed by atoms with E-state index in [-0.39, 0.29) is 5.97 Å². The molecule has 2 aromatic rings. The van der Waals surface area contributed by atoms with E-state index in [9.17, 15) is 4.79 Å². The lowest BCUT2D eigenvalue weighted by atomic mass is 9.96. The van der Waals surface area contributed by atoms with Crippen LogP contribution in [0.15, 0.2) is 16.6 Å². The van der Waals surface area contributed by atoms with Crippen molar-refractivity contribution in [3.05, 3.63) is 33.4 Å². The molecule has 1 N–H and O–H groups in total. The molecule has 1 fully saturated rings. The van der Waals surface area contributed by atoms with E-state index < -0.39 is 5.60 Å². The summed E-state index contributed by atoms with van der Waals surface area (Å²) in [6, 6.07) is 4.97. The SMILES string of the molecule is Cn1c2c(c3c(C(=O)OC(C)(C)C)c(Br)ccc31)C1CCC(C2)N1. The zero-order chi connectivity index (χ0) is 17.2. The van der Waals surface area contributed by atoms with Gasteiger partial charge in [0.15, 0.2) is 0 Å². The van der Waals surface area contributed by atoms with Crippen LogP contribution in [0.2, 0.25) is 0 Å². The summed E-state index contributed by atoms with van der Waals surface area (Å²) in [6.45, 7) is 5.72. The van der Waals surface area contributed by atoms with Gasteiger partial charge in [-0.05, 0) is 67.2 Å². The molecule has 4 rings (SSSR count). The lowest BCUT2D eigenvalue weighted by Gasteiger charge is -2.24. The molecule has 1 saturated heterocycles. The molecule has 0 spiro atoms. The number of fused-ring (bicyclic) bond motifs is 6. The van der Waals surface area contributed by atoms with Crippen LogP contribution < -0.4 is 5.32 Å². The first-order chi connectivity index (χ1) is 11.3. The van der Waals surface area contributed by atoms with Crippen molar-refractivity contribution in [2.24, 2.45) is 7.05 Å². The van der Waals surface area contributed by atoms with E-state index >= 15 is 0 Å². The predicted octanol–water partition coefficient (Wildman–Crippen LogP) is 4.25. The summed E-state index contributed by atoms with van der Waals surface area (Å²) in [5.41, 5.74) is 3.91. The molecule has 128 valence electrons. The number of esters is 1. The number of benzene rings is 1. The van der Waals surface area contributed by atoms with E-state index in [1.807, 2.05) is 26.8 Å². The average molecular weight is 391 g/mol. The van der Waals surface area contributed by atoms with Crippen LogP contribution in [0, 0.1) is 0 Å². The van der Waals surface area contributed by atoms with Crippen molar-refractivity contribution >= 4 is 32.8 Å². The van der Waals surface area contributed by atoms with Gasteiger partial charge in [0.25, 0.3) is 0 Å². The molecular formula is C19H23BrN2O2. The zero-order valence-corrected chi connectivity index (χ0v) is 16.2. The second kappa shape index (κ2) is 5.33. The van der Waals surface area contributed by atoms with Gasteiger partial charge in [0, 0.05) is 46.6 Å².